The molecule has 0 saturated carbocycles. The number of nitrogen functional groups attached to an aromatic ring is 1. The predicted molar refractivity (Wildman–Crippen MR) is 61.5 cm³/mol. The summed E-state index contributed by atoms with van der Waals surface area (Å²) in [4.78, 5) is 0. The first-order chi connectivity index (χ1) is 6.42. The number of rotatable bonds is 3. The van der Waals surface area contributed by atoms with Crippen LogP contribution in [0.1, 0.15) is 19.4 Å². The molecule has 5 heteroatoms. The van der Waals surface area contributed by atoms with Crippen LogP contribution < -0.4 is 11.3 Å². The molecule has 0 aliphatic rings. The van der Waals surface area contributed by atoms with Gasteiger partial charge in [0.15, 0.2) is 0 Å². The van der Waals surface area contributed by atoms with Gasteiger partial charge in [-0.3, -0.25) is 5.84 Å². The lowest BCUT2D eigenvalue weighted by atomic mass is 9.98. The maximum absolute atomic E-state index is 13.2. The van der Waals surface area contributed by atoms with Crippen LogP contribution in [0.3, 0.4) is 0 Å². The fourth-order valence-corrected chi connectivity index (χ4v) is 1.29. The summed E-state index contributed by atoms with van der Waals surface area (Å²) in [7, 11) is 0. The number of hydrazine groups is 1. The minimum atomic E-state index is -0.829. The number of benzene rings is 1. The first-order valence-electron chi connectivity index (χ1n) is 4.40. The summed E-state index contributed by atoms with van der Waals surface area (Å²) in [6.07, 6.45) is 0.411. The smallest absolute Gasteiger partial charge is 0.147 e. The second-order valence-corrected chi connectivity index (χ2v) is 3.95. The lowest BCUT2D eigenvalue weighted by Crippen LogP contribution is -2.22. The molecule has 1 aromatic rings. The largest absolute Gasteiger partial charge is 0.390 e. The lowest BCUT2D eigenvalue weighted by molar-refractivity contribution is 0.0809. The number of anilines is 1. The predicted octanol–water partition coefficient (Wildman–Crippen LogP) is 1.85. The van der Waals surface area contributed by atoms with Crippen LogP contribution in [0, 0.1) is 5.82 Å². The summed E-state index contributed by atoms with van der Waals surface area (Å²) < 4.78 is 13.2. The third-order valence-electron chi connectivity index (χ3n) is 1.83. The Kier molecular flexibility index (Phi) is 5.00. The monoisotopic (exact) mass is 234 g/mol. The second-order valence-electron chi connectivity index (χ2n) is 3.95. The van der Waals surface area contributed by atoms with E-state index in [2.05, 4.69) is 5.43 Å². The molecule has 0 heterocycles. The summed E-state index contributed by atoms with van der Waals surface area (Å²) in [6.45, 7) is 3.36. The van der Waals surface area contributed by atoms with E-state index in [4.69, 9.17) is 5.84 Å². The Hall–Kier alpha value is -0.840. The maximum Gasteiger partial charge on any atom is 0.147 e. The molecule has 0 aromatic heterocycles. The van der Waals surface area contributed by atoms with Crippen molar-refractivity contribution in [2.45, 2.75) is 25.9 Å². The molecule has 0 radical (unpaired) electrons. The number of hydrogen-bond donors (Lipinski definition) is 3. The van der Waals surface area contributed by atoms with E-state index < -0.39 is 11.4 Å². The highest BCUT2D eigenvalue weighted by Gasteiger charge is 2.14. The molecular weight excluding hydrogens is 219 g/mol. The van der Waals surface area contributed by atoms with Crippen LogP contribution in [0.5, 0.6) is 0 Å². The van der Waals surface area contributed by atoms with Gasteiger partial charge in [0.2, 0.25) is 0 Å². The van der Waals surface area contributed by atoms with Gasteiger partial charge >= 0.3 is 0 Å². The van der Waals surface area contributed by atoms with Gasteiger partial charge < -0.3 is 10.5 Å². The third-order valence-corrected chi connectivity index (χ3v) is 1.83. The standard InChI is InChI=1S/C10H15FN2O.ClH/c1-10(2,14)6-7-3-4-9(13-12)8(11)5-7;/h3-5,13-14H,6,12H2,1-2H3;1H. The second kappa shape index (κ2) is 5.30. The van der Waals surface area contributed by atoms with E-state index in [0.29, 0.717) is 6.42 Å². The Morgan fingerprint density at radius 1 is 1.47 bits per heavy atom. The van der Waals surface area contributed by atoms with Gasteiger partial charge in [-0.2, -0.15) is 0 Å². The molecule has 0 unspecified atom stereocenters. The molecule has 1 rings (SSSR count). The SMILES string of the molecule is CC(C)(O)Cc1ccc(NN)c(F)c1.Cl. The molecule has 15 heavy (non-hydrogen) atoms. The normalized spacial score (nSPS) is 10.7. The number of hydrogen-bond acceptors (Lipinski definition) is 3. The van der Waals surface area contributed by atoms with Crippen molar-refractivity contribution in [3.8, 4) is 0 Å². The lowest BCUT2D eigenvalue weighted by Gasteiger charge is -2.17. The fraction of sp³-hybridized carbons (Fsp3) is 0.400. The molecule has 0 spiro atoms. The Morgan fingerprint density at radius 2 is 2.07 bits per heavy atom. The zero-order valence-corrected chi connectivity index (χ0v) is 9.57. The minimum absolute atomic E-state index is 0. The molecule has 0 bridgehead atoms. The quantitative estimate of drug-likeness (QED) is 0.553. The van der Waals surface area contributed by atoms with E-state index in [1.165, 1.54) is 6.07 Å². The van der Waals surface area contributed by atoms with Gasteiger partial charge in [-0.15, -0.1) is 12.4 Å². The van der Waals surface area contributed by atoms with Gasteiger partial charge in [-0.25, -0.2) is 4.39 Å². The third kappa shape index (κ3) is 4.46. The van der Waals surface area contributed by atoms with Gasteiger partial charge in [-0.1, -0.05) is 6.07 Å². The summed E-state index contributed by atoms with van der Waals surface area (Å²) in [5.41, 5.74) is 2.42. The summed E-state index contributed by atoms with van der Waals surface area (Å²) in [5.74, 6) is 4.68. The Labute approximate surface area is 94.9 Å². The summed E-state index contributed by atoms with van der Waals surface area (Å²) in [5, 5.41) is 9.53. The van der Waals surface area contributed by atoms with Crippen LogP contribution in [-0.4, -0.2) is 10.7 Å². The van der Waals surface area contributed by atoms with Crippen molar-refractivity contribution in [2.24, 2.45) is 5.84 Å². The molecule has 4 N–H and O–H groups in total. The molecule has 0 fully saturated rings. The Bertz CT molecular complexity index is 326. The van der Waals surface area contributed by atoms with Crippen molar-refractivity contribution in [2.75, 3.05) is 5.43 Å². The number of nitrogens with two attached hydrogens (primary N) is 1. The molecule has 3 nitrogen and oxygen atoms in total. The Balaban J connectivity index is 0.00000196. The van der Waals surface area contributed by atoms with Crippen LogP contribution in [0.25, 0.3) is 0 Å². The number of halogens is 2. The van der Waals surface area contributed by atoms with Crippen molar-refractivity contribution >= 4 is 18.1 Å². The van der Waals surface area contributed by atoms with Crippen molar-refractivity contribution in [1.29, 1.82) is 0 Å². The van der Waals surface area contributed by atoms with E-state index in [0.717, 1.165) is 5.56 Å². The maximum atomic E-state index is 13.2. The first kappa shape index (κ1) is 14.2. The fourth-order valence-electron chi connectivity index (χ4n) is 1.29. The molecule has 0 aliphatic carbocycles. The van der Waals surface area contributed by atoms with Crippen LogP contribution in [-0.2, 0) is 6.42 Å². The average molecular weight is 235 g/mol. The van der Waals surface area contributed by atoms with Crippen molar-refractivity contribution in [3.05, 3.63) is 29.6 Å². The molecule has 86 valence electrons. The van der Waals surface area contributed by atoms with Gasteiger partial charge in [0.05, 0.1) is 11.3 Å². The van der Waals surface area contributed by atoms with Crippen molar-refractivity contribution < 1.29 is 9.50 Å². The molecule has 0 amide bonds. The van der Waals surface area contributed by atoms with Gasteiger partial charge in [0.1, 0.15) is 5.82 Å². The van der Waals surface area contributed by atoms with E-state index in [9.17, 15) is 9.50 Å². The van der Waals surface area contributed by atoms with Crippen LogP contribution in [0.2, 0.25) is 0 Å². The van der Waals surface area contributed by atoms with Gasteiger partial charge in [-0.05, 0) is 31.5 Å². The first-order valence-corrected chi connectivity index (χ1v) is 4.40. The summed E-state index contributed by atoms with van der Waals surface area (Å²) >= 11 is 0. The molecular formula is C10H16ClFN2O. The molecule has 0 saturated heterocycles. The molecule has 0 atom stereocenters. The number of aliphatic hydroxyl groups is 1. The van der Waals surface area contributed by atoms with E-state index >= 15 is 0 Å². The highest BCUT2D eigenvalue weighted by Crippen LogP contribution is 2.18. The highest BCUT2D eigenvalue weighted by molar-refractivity contribution is 5.85. The van der Waals surface area contributed by atoms with Gasteiger partial charge in [0.25, 0.3) is 0 Å². The van der Waals surface area contributed by atoms with Crippen molar-refractivity contribution in [1.82, 2.24) is 0 Å². The number of nitrogens with one attached hydrogen (secondary N) is 1. The topological polar surface area (TPSA) is 58.3 Å². The summed E-state index contributed by atoms with van der Waals surface area (Å²) in [6, 6.07) is 4.65. The highest BCUT2D eigenvalue weighted by atomic mass is 35.5. The minimum Gasteiger partial charge on any atom is -0.390 e. The Morgan fingerprint density at radius 3 is 2.47 bits per heavy atom. The van der Waals surface area contributed by atoms with E-state index in [1.807, 2.05) is 0 Å². The molecule has 0 aliphatic heterocycles. The van der Waals surface area contributed by atoms with Crippen LogP contribution >= 0.6 is 12.4 Å². The van der Waals surface area contributed by atoms with Crippen LogP contribution in [0.15, 0.2) is 18.2 Å². The zero-order valence-electron chi connectivity index (χ0n) is 8.75. The van der Waals surface area contributed by atoms with E-state index in [1.54, 1.807) is 26.0 Å². The molecule has 1 aromatic carbocycles. The van der Waals surface area contributed by atoms with E-state index in [-0.39, 0.29) is 18.1 Å². The van der Waals surface area contributed by atoms with Crippen LogP contribution in [0.4, 0.5) is 10.1 Å². The zero-order chi connectivity index (χ0) is 10.8. The van der Waals surface area contributed by atoms with Crippen molar-refractivity contribution in [3.63, 3.8) is 0 Å². The van der Waals surface area contributed by atoms with Gasteiger partial charge in [0, 0.05) is 6.42 Å². The average Bonchev–Trinajstić information content (AvgIpc) is 2.01.